The monoisotopic (exact) mass is 295 g/mol. The third-order valence-corrected chi connectivity index (χ3v) is 5.19. The predicted molar refractivity (Wildman–Crippen MR) is 88.9 cm³/mol. The number of rotatable bonds is 9. The number of hydrogen-bond acceptors (Lipinski definition) is 4. The summed E-state index contributed by atoms with van der Waals surface area (Å²) >= 11 is 1.91. The van der Waals surface area contributed by atoms with Gasteiger partial charge in [0.25, 0.3) is 0 Å². The molecule has 114 valence electrons. The van der Waals surface area contributed by atoms with E-state index in [0.717, 1.165) is 25.7 Å². The molecule has 0 saturated heterocycles. The molecular formula is C16H29N3S. The molecule has 1 atom stereocenters. The zero-order valence-electron chi connectivity index (χ0n) is 13.4. The van der Waals surface area contributed by atoms with Gasteiger partial charge in [0.2, 0.25) is 0 Å². The zero-order valence-corrected chi connectivity index (χ0v) is 14.2. The van der Waals surface area contributed by atoms with E-state index in [9.17, 15) is 0 Å². The summed E-state index contributed by atoms with van der Waals surface area (Å²) in [6, 6.07) is 0.757. The van der Waals surface area contributed by atoms with E-state index in [1.807, 2.05) is 11.3 Å². The van der Waals surface area contributed by atoms with Gasteiger partial charge < -0.3 is 10.2 Å². The molecule has 1 N–H and O–H groups in total. The van der Waals surface area contributed by atoms with Crippen molar-refractivity contribution in [2.24, 2.45) is 0 Å². The van der Waals surface area contributed by atoms with E-state index in [1.54, 1.807) is 0 Å². The Hall–Kier alpha value is -0.610. The molecule has 0 aromatic carbocycles. The van der Waals surface area contributed by atoms with E-state index in [1.165, 1.54) is 41.4 Å². The first-order chi connectivity index (χ1) is 9.71. The van der Waals surface area contributed by atoms with Gasteiger partial charge in [-0.2, -0.15) is 0 Å². The lowest BCUT2D eigenvalue weighted by atomic mass is 10.0. The highest BCUT2D eigenvalue weighted by molar-refractivity contribution is 7.15. The molecule has 0 spiro atoms. The van der Waals surface area contributed by atoms with Crippen molar-refractivity contribution in [3.8, 4) is 0 Å². The Balaban J connectivity index is 2.16. The van der Waals surface area contributed by atoms with Crippen molar-refractivity contribution in [3.63, 3.8) is 0 Å². The molecule has 1 heterocycles. The minimum atomic E-state index is 0.566. The molecule has 0 amide bonds. The van der Waals surface area contributed by atoms with Crippen LogP contribution in [0.3, 0.4) is 0 Å². The Bertz CT molecular complexity index is 412. The summed E-state index contributed by atoms with van der Waals surface area (Å²) in [7, 11) is 0. The maximum Gasteiger partial charge on any atom is 0.186 e. The average molecular weight is 295 g/mol. The SMILES string of the molecule is CCCNCc1sc(N(CC)C2CC2)nc1C(C)CC. The molecule has 1 aromatic heterocycles. The zero-order chi connectivity index (χ0) is 14.5. The van der Waals surface area contributed by atoms with Gasteiger partial charge in [-0.25, -0.2) is 4.98 Å². The first kappa shape index (κ1) is 15.8. The molecule has 3 nitrogen and oxygen atoms in total. The van der Waals surface area contributed by atoms with Gasteiger partial charge in [-0.1, -0.05) is 20.8 Å². The van der Waals surface area contributed by atoms with Crippen LogP contribution in [0.5, 0.6) is 0 Å². The van der Waals surface area contributed by atoms with Crippen molar-refractivity contribution in [3.05, 3.63) is 10.6 Å². The van der Waals surface area contributed by atoms with Gasteiger partial charge >= 0.3 is 0 Å². The summed E-state index contributed by atoms with van der Waals surface area (Å²) < 4.78 is 0. The summed E-state index contributed by atoms with van der Waals surface area (Å²) in [6.45, 7) is 12.2. The summed E-state index contributed by atoms with van der Waals surface area (Å²) in [5.41, 5.74) is 1.33. The maximum atomic E-state index is 5.00. The lowest BCUT2D eigenvalue weighted by molar-refractivity contribution is 0.654. The van der Waals surface area contributed by atoms with Crippen LogP contribution in [0.15, 0.2) is 0 Å². The largest absolute Gasteiger partial charge is 0.345 e. The Kier molecular flexibility index (Phi) is 5.85. The quantitative estimate of drug-likeness (QED) is 0.694. The molecule has 20 heavy (non-hydrogen) atoms. The highest BCUT2D eigenvalue weighted by Crippen LogP contribution is 2.37. The van der Waals surface area contributed by atoms with E-state index in [-0.39, 0.29) is 0 Å². The third kappa shape index (κ3) is 3.73. The summed E-state index contributed by atoms with van der Waals surface area (Å²) in [5, 5.41) is 4.79. The molecule has 4 heteroatoms. The van der Waals surface area contributed by atoms with Crippen molar-refractivity contribution < 1.29 is 0 Å². The van der Waals surface area contributed by atoms with Crippen LogP contribution in [0.25, 0.3) is 0 Å². The van der Waals surface area contributed by atoms with Crippen LogP contribution >= 0.6 is 11.3 Å². The van der Waals surface area contributed by atoms with E-state index in [2.05, 4.69) is 37.9 Å². The normalized spacial score (nSPS) is 16.4. The third-order valence-electron chi connectivity index (χ3n) is 4.08. The Labute approximate surface area is 127 Å². The topological polar surface area (TPSA) is 28.2 Å². The van der Waals surface area contributed by atoms with Crippen LogP contribution in [0.2, 0.25) is 0 Å². The minimum absolute atomic E-state index is 0.566. The molecule has 1 aliphatic carbocycles. The lowest BCUT2D eigenvalue weighted by Gasteiger charge is -2.18. The van der Waals surface area contributed by atoms with Crippen LogP contribution in [0, 0.1) is 0 Å². The van der Waals surface area contributed by atoms with Gasteiger partial charge in [-0.15, -0.1) is 11.3 Å². The summed E-state index contributed by atoms with van der Waals surface area (Å²) in [4.78, 5) is 8.94. The highest BCUT2D eigenvalue weighted by Gasteiger charge is 2.30. The first-order valence-electron chi connectivity index (χ1n) is 8.18. The second-order valence-corrected chi connectivity index (χ2v) is 6.87. The summed E-state index contributed by atoms with van der Waals surface area (Å²) in [6.07, 6.45) is 5.04. The Morgan fingerprint density at radius 1 is 1.35 bits per heavy atom. The van der Waals surface area contributed by atoms with Crippen LogP contribution in [0.4, 0.5) is 5.13 Å². The number of aromatic nitrogens is 1. The number of anilines is 1. The van der Waals surface area contributed by atoms with Crippen molar-refractivity contribution in [2.75, 3.05) is 18.0 Å². The molecule has 0 aliphatic heterocycles. The lowest BCUT2D eigenvalue weighted by Crippen LogP contribution is -2.24. The standard InChI is InChI=1S/C16H29N3S/c1-5-10-17-11-14-15(12(4)6-2)18-16(20-14)19(7-3)13-8-9-13/h12-13,17H,5-11H2,1-4H3. The molecule has 2 rings (SSSR count). The second-order valence-electron chi connectivity index (χ2n) is 5.81. The van der Waals surface area contributed by atoms with Crippen LogP contribution in [-0.2, 0) is 6.54 Å². The molecular weight excluding hydrogens is 266 g/mol. The van der Waals surface area contributed by atoms with Crippen molar-refractivity contribution in [1.82, 2.24) is 10.3 Å². The summed E-state index contributed by atoms with van der Waals surface area (Å²) in [5.74, 6) is 0.566. The Morgan fingerprint density at radius 2 is 2.10 bits per heavy atom. The van der Waals surface area contributed by atoms with Crippen molar-refractivity contribution in [2.45, 2.75) is 71.9 Å². The predicted octanol–water partition coefficient (Wildman–Crippen LogP) is 4.14. The number of thiazole rings is 1. The van der Waals surface area contributed by atoms with Crippen LogP contribution < -0.4 is 10.2 Å². The average Bonchev–Trinajstić information content (AvgIpc) is 3.20. The molecule has 1 fully saturated rings. The van der Waals surface area contributed by atoms with Crippen LogP contribution in [-0.4, -0.2) is 24.1 Å². The molecule has 0 radical (unpaired) electrons. The Morgan fingerprint density at radius 3 is 2.65 bits per heavy atom. The minimum Gasteiger partial charge on any atom is -0.345 e. The molecule has 1 saturated carbocycles. The molecule has 1 aromatic rings. The smallest absolute Gasteiger partial charge is 0.186 e. The van der Waals surface area contributed by atoms with Crippen LogP contribution in [0.1, 0.15) is 69.9 Å². The fourth-order valence-electron chi connectivity index (χ4n) is 2.49. The van der Waals surface area contributed by atoms with E-state index in [0.29, 0.717) is 5.92 Å². The van der Waals surface area contributed by atoms with Gasteiger partial charge in [0.15, 0.2) is 5.13 Å². The van der Waals surface area contributed by atoms with E-state index < -0.39 is 0 Å². The van der Waals surface area contributed by atoms with E-state index >= 15 is 0 Å². The van der Waals surface area contributed by atoms with Crippen molar-refractivity contribution >= 4 is 16.5 Å². The number of nitrogens with zero attached hydrogens (tertiary/aromatic N) is 2. The van der Waals surface area contributed by atoms with Gasteiger partial charge in [-0.3, -0.25) is 0 Å². The van der Waals surface area contributed by atoms with Gasteiger partial charge in [0.05, 0.1) is 5.69 Å². The van der Waals surface area contributed by atoms with Gasteiger partial charge in [-0.05, 0) is 45.1 Å². The first-order valence-corrected chi connectivity index (χ1v) is 8.99. The molecule has 1 aliphatic rings. The number of nitrogens with one attached hydrogen (secondary N) is 1. The van der Waals surface area contributed by atoms with Gasteiger partial charge in [0, 0.05) is 24.0 Å². The number of hydrogen-bond donors (Lipinski definition) is 1. The fraction of sp³-hybridized carbons (Fsp3) is 0.812. The van der Waals surface area contributed by atoms with Gasteiger partial charge in [0.1, 0.15) is 0 Å². The fourth-order valence-corrected chi connectivity index (χ4v) is 3.78. The molecule has 0 bridgehead atoms. The molecule has 1 unspecified atom stereocenters. The highest BCUT2D eigenvalue weighted by atomic mass is 32.1. The maximum absolute atomic E-state index is 5.00. The van der Waals surface area contributed by atoms with Crippen molar-refractivity contribution in [1.29, 1.82) is 0 Å². The second kappa shape index (κ2) is 7.41. The van der Waals surface area contributed by atoms with E-state index in [4.69, 9.17) is 4.98 Å².